The zero-order valence-corrected chi connectivity index (χ0v) is 13.6. The smallest absolute Gasteiger partial charge is 0.198 e. The van der Waals surface area contributed by atoms with Crippen molar-refractivity contribution >= 4 is 10.9 Å². The van der Waals surface area contributed by atoms with Gasteiger partial charge in [0.2, 0.25) is 0 Å². The highest BCUT2D eigenvalue weighted by Crippen LogP contribution is 2.24. The summed E-state index contributed by atoms with van der Waals surface area (Å²) >= 11 is 0. The zero-order valence-electron chi connectivity index (χ0n) is 13.6. The van der Waals surface area contributed by atoms with Crippen molar-refractivity contribution in [2.24, 2.45) is 0 Å². The monoisotopic (exact) mass is 309 g/mol. The van der Waals surface area contributed by atoms with Gasteiger partial charge in [0.1, 0.15) is 18.0 Å². The molecule has 1 heterocycles. The molecular formula is C19H21N2O2+. The van der Waals surface area contributed by atoms with Gasteiger partial charge in [-0.05, 0) is 37.3 Å². The summed E-state index contributed by atoms with van der Waals surface area (Å²) in [6.45, 7) is 2.65. The second-order valence-corrected chi connectivity index (χ2v) is 6.06. The molecule has 3 aromatic rings. The van der Waals surface area contributed by atoms with Gasteiger partial charge in [-0.2, -0.15) is 0 Å². The van der Waals surface area contributed by atoms with Crippen molar-refractivity contribution in [3.8, 4) is 11.5 Å². The average molecular weight is 309 g/mol. The van der Waals surface area contributed by atoms with Crippen molar-refractivity contribution in [2.45, 2.75) is 13.5 Å². The molecule has 2 N–H and O–H groups in total. The van der Waals surface area contributed by atoms with E-state index in [1.165, 1.54) is 4.90 Å². The number of para-hydroxylation sites is 1. The van der Waals surface area contributed by atoms with Crippen molar-refractivity contribution in [2.75, 3.05) is 14.1 Å². The maximum absolute atomic E-state index is 12.8. The van der Waals surface area contributed by atoms with Crippen LogP contribution in [0.5, 0.6) is 11.5 Å². The molecule has 0 atom stereocenters. The van der Waals surface area contributed by atoms with Crippen LogP contribution in [-0.2, 0) is 6.54 Å². The Bertz CT molecular complexity index is 883. The molecule has 0 fully saturated rings. The van der Waals surface area contributed by atoms with E-state index < -0.39 is 0 Å². The van der Waals surface area contributed by atoms with Crippen LogP contribution in [0.2, 0.25) is 0 Å². The fourth-order valence-electron chi connectivity index (χ4n) is 2.69. The van der Waals surface area contributed by atoms with Crippen LogP contribution in [0.1, 0.15) is 11.3 Å². The summed E-state index contributed by atoms with van der Waals surface area (Å²) in [4.78, 5) is 17.3. The molecule has 1 aromatic heterocycles. The van der Waals surface area contributed by atoms with Crippen molar-refractivity contribution in [3.63, 3.8) is 0 Å². The number of nitrogens with one attached hydrogen (secondary N) is 2. The SMILES string of the molecule is Cc1[nH]c2ccc(Oc3ccccc3)cc2c(=O)c1C[NH+](C)C. The van der Waals surface area contributed by atoms with Crippen LogP contribution in [0.3, 0.4) is 0 Å². The predicted molar refractivity (Wildman–Crippen MR) is 92.3 cm³/mol. The van der Waals surface area contributed by atoms with Crippen molar-refractivity contribution in [3.05, 3.63) is 70.0 Å². The minimum atomic E-state index is 0.0796. The quantitative estimate of drug-likeness (QED) is 0.777. The molecule has 0 unspecified atom stereocenters. The van der Waals surface area contributed by atoms with Gasteiger partial charge >= 0.3 is 0 Å². The van der Waals surface area contributed by atoms with E-state index in [0.717, 1.165) is 22.5 Å². The van der Waals surface area contributed by atoms with E-state index in [1.807, 2.05) is 69.6 Å². The first-order chi connectivity index (χ1) is 11.0. The Hall–Kier alpha value is -2.59. The van der Waals surface area contributed by atoms with Gasteiger partial charge in [-0.3, -0.25) is 4.79 Å². The fourth-order valence-corrected chi connectivity index (χ4v) is 2.69. The largest absolute Gasteiger partial charge is 0.457 e. The molecule has 2 aromatic carbocycles. The van der Waals surface area contributed by atoms with Gasteiger partial charge in [0.25, 0.3) is 0 Å². The summed E-state index contributed by atoms with van der Waals surface area (Å²) < 4.78 is 5.83. The van der Waals surface area contributed by atoms with E-state index in [1.54, 1.807) is 0 Å². The third-order valence-corrected chi connectivity index (χ3v) is 3.79. The lowest BCUT2D eigenvalue weighted by Gasteiger charge is -2.12. The van der Waals surface area contributed by atoms with E-state index in [-0.39, 0.29) is 5.43 Å². The number of hydrogen-bond acceptors (Lipinski definition) is 2. The second kappa shape index (κ2) is 6.26. The van der Waals surface area contributed by atoms with Gasteiger partial charge in [-0.15, -0.1) is 0 Å². The number of pyridine rings is 1. The van der Waals surface area contributed by atoms with Gasteiger partial charge in [-0.1, -0.05) is 18.2 Å². The first-order valence-electron chi connectivity index (χ1n) is 7.72. The molecule has 3 rings (SSSR count). The molecule has 0 aliphatic heterocycles. The summed E-state index contributed by atoms with van der Waals surface area (Å²) in [5.41, 5.74) is 2.68. The highest BCUT2D eigenvalue weighted by Gasteiger charge is 2.12. The Kier molecular flexibility index (Phi) is 4.17. The molecule has 0 radical (unpaired) electrons. The number of ether oxygens (including phenoxy) is 1. The summed E-state index contributed by atoms with van der Waals surface area (Å²) in [7, 11) is 4.08. The van der Waals surface area contributed by atoms with Crippen molar-refractivity contribution in [1.29, 1.82) is 0 Å². The zero-order chi connectivity index (χ0) is 16.4. The molecule has 0 saturated heterocycles. The highest BCUT2D eigenvalue weighted by molar-refractivity contribution is 5.81. The Labute approximate surface area is 135 Å². The molecule has 4 nitrogen and oxygen atoms in total. The number of aromatic nitrogens is 1. The minimum Gasteiger partial charge on any atom is -0.457 e. The summed E-state index contributed by atoms with van der Waals surface area (Å²) in [5.74, 6) is 1.43. The second-order valence-electron chi connectivity index (χ2n) is 6.06. The maximum atomic E-state index is 12.8. The van der Waals surface area contributed by atoms with E-state index in [9.17, 15) is 4.79 Å². The number of aryl methyl sites for hydroxylation is 1. The highest BCUT2D eigenvalue weighted by atomic mass is 16.5. The standard InChI is InChI=1S/C19H20N2O2/c1-13-17(12-21(2)3)19(22)16-11-15(9-10-18(16)20-13)23-14-7-5-4-6-8-14/h4-11H,12H2,1-3H3,(H,20,22)/p+1. The Balaban J connectivity index is 2.06. The van der Waals surface area contributed by atoms with Crippen LogP contribution < -0.4 is 15.1 Å². The molecule has 23 heavy (non-hydrogen) atoms. The van der Waals surface area contributed by atoms with E-state index in [0.29, 0.717) is 17.7 Å². The fraction of sp³-hybridized carbons (Fsp3) is 0.211. The van der Waals surface area contributed by atoms with Crippen LogP contribution in [0.25, 0.3) is 10.9 Å². The van der Waals surface area contributed by atoms with Gasteiger partial charge in [0.05, 0.1) is 19.7 Å². The van der Waals surface area contributed by atoms with Crippen LogP contribution >= 0.6 is 0 Å². The topological polar surface area (TPSA) is 46.5 Å². The predicted octanol–water partition coefficient (Wildman–Crippen LogP) is 2.27. The number of H-pyrrole nitrogens is 1. The molecule has 0 aliphatic carbocycles. The summed E-state index contributed by atoms with van der Waals surface area (Å²) in [5, 5.41) is 0.667. The molecule has 0 saturated carbocycles. The number of hydrogen-bond donors (Lipinski definition) is 2. The van der Waals surface area contributed by atoms with Gasteiger partial charge in [0.15, 0.2) is 5.43 Å². The first-order valence-corrected chi connectivity index (χ1v) is 7.72. The normalized spacial score (nSPS) is 11.1. The number of quaternary nitrogens is 1. The minimum absolute atomic E-state index is 0.0796. The molecule has 0 spiro atoms. The van der Waals surface area contributed by atoms with Gasteiger partial charge < -0.3 is 14.6 Å². The van der Waals surface area contributed by atoms with Crippen molar-refractivity contribution < 1.29 is 9.64 Å². The van der Waals surface area contributed by atoms with E-state index in [4.69, 9.17) is 4.74 Å². The Morgan fingerprint density at radius 2 is 1.78 bits per heavy atom. The van der Waals surface area contributed by atoms with Crippen LogP contribution in [0.15, 0.2) is 53.3 Å². The maximum Gasteiger partial charge on any atom is 0.198 e. The Morgan fingerprint density at radius 1 is 1.04 bits per heavy atom. The summed E-state index contributed by atoms with van der Waals surface area (Å²) in [6, 6.07) is 15.2. The molecule has 118 valence electrons. The Morgan fingerprint density at radius 3 is 2.48 bits per heavy atom. The number of fused-ring (bicyclic) bond motifs is 1. The number of benzene rings is 2. The van der Waals surface area contributed by atoms with Crippen LogP contribution in [0, 0.1) is 6.92 Å². The van der Waals surface area contributed by atoms with Gasteiger partial charge in [-0.25, -0.2) is 0 Å². The summed E-state index contributed by atoms with van der Waals surface area (Å²) in [6.07, 6.45) is 0. The molecule has 0 aliphatic rings. The van der Waals surface area contributed by atoms with Gasteiger partial charge in [0, 0.05) is 16.6 Å². The van der Waals surface area contributed by atoms with Crippen LogP contribution in [0.4, 0.5) is 0 Å². The molecule has 0 amide bonds. The van der Waals surface area contributed by atoms with Crippen molar-refractivity contribution in [1.82, 2.24) is 4.98 Å². The lowest BCUT2D eigenvalue weighted by molar-refractivity contribution is -0.872. The van der Waals surface area contributed by atoms with Crippen LogP contribution in [-0.4, -0.2) is 19.1 Å². The van der Waals surface area contributed by atoms with E-state index in [2.05, 4.69) is 4.98 Å². The average Bonchev–Trinajstić information content (AvgIpc) is 2.53. The lowest BCUT2D eigenvalue weighted by Crippen LogP contribution is -3.04. The molecular weight excluding hydrogens is 288 g/mol. The lowest BCUT2D eigenvalue weighted by atomic mass is 10.1. The third kappa shape index (κ3) is 3.27. The first kappa shape index (κ1) is 15.3. The number of rotatable bonds is 4. The van der Waals surface area contributed by atoms with E-state index >= 15 is 0 Å². The molecule has 4 heteroatoms. The third-order valence-electron chi connectivity index (χ3n) is 3.79. The molecule has 0 bridgehead atoms. The number of aromatic amines is 1.